The highest BCUT2D eigenvalue weighted by atomic mass is 32.2. The molecule has 0 bridgehead atoms. The molecule has 0 aromatic carbocycles. The summed E-state index contributed by atoms with van der Waals surface area (Å²) in [4.78, 5) is 12.5. The lowest BCUT2D eigenvalue weighted by Crippen LogP contribution is -2.50. The second kappa shape index (κ2) is 27.6. The van der Waals surface area contributed by atoms with Crippen molar-refractivity contribution >= 4 is 16.0 Å². The molecule has 0 rings (SSSR count). The molecular formula is C33H63NO6S. The van der Waals surface area contributed by atoms with Crippen LogP contribution in [0, 0.1) is 0 Å². The summed E-state index contributed by atoms with van der Waals surface area (Å²) < 4.78 is 32.1. The first-order chi connectivity index (χ1) is 19.7. The van der Waals surface area contributed by atoms with E-state index in [9.17, 15) is 28.0 Å². The van der Waals surface area contributed by atoms with Gasteiger partial charge < -0.3 is 15.5 Å². The highest BCUT2D eigenvalue weighted by Crippen LogP contribution is 2.14. The Balaban J connectivity index is 4.09. The van der Waals surface area contributed by atoms with Crippen LogP contribution in [-0.4, -0.2) is 53.1 Å². The SMILES string of the molecule is CCCC/C=C/CC/C=C/C(O)C(CS(=O)(=O)O)NC(=O)C(O)CCCCCCCCCCCCCCCCCC. The second-order valence-corrected chi connectivity index (χ2v) is 13.1. The van der Waals surface area contributed by atoms with Gasteiger partial charge in [-0.1, -0.05) is 154 Å². The van der Waals surface area contributed by atoms with E-state index >= 15 is 0 Å². The molecule has 0 aliphatic carbocycles. The van der Waals surface area contributed by atoms with E-state index in [-0.39, 0.29) is 6.42 Å². The zero-order chi connectivity index (χ0) is 30.6. The predicted octanol–water partition coefficient (Wildman–Crippen LogP) is 7.82. The fraction of sp³-hybridized carbons (Fsp3) is 0.848. The Hall–Kier alpha value is -1.22. The summed E-state index contributed by atoms with van der Waals surface area (Å²) >= 11 is 0. The monoisotopic (exact) mass is 601 g/mol. The van der Waals surface area contributed by atoms with Gasteiger partial charge in [0.1, 0.15) is 6.10 Å². The molecule has 0 aliphatic rings. The Morgan fingerprint density at radius 1 is 0.659 bits per heavy atom. The van der Waals surface area contributed by atoms with Crippen LogP contribution in [0.4, 0.5) is 0 Å². The van der Waals surface area contributed by atoms with Crippen molar-refractivity contribution in [2.24, 2.45) is 0 Å². The molecule has 0 saturated heterocycles. The Bertz CT molecular complexity index is 768. The van der Waals surface area contributed by atoms with Crippen LogP contribution in [0.2, 0.25) is 0 Å². The molecular weight excluding hydrogens is 538 g/mol. The number of carbonyl (C=O) groups is 1. The maximum Gasteiger partial charge on any atom is 0.267 e. The number of rotatable bonds is 29. The number of aliphatic hydroxyl groups excluding tert-OH is 2. The smallest absolute Gasteiger partial charge is 0.267 e. The highest BCUT2D eigenvalue weighted by Gasteiger charge is 2.27. The van der Waals surface area contributed by atoms with Crippen molar-refractivity contribution in [2.75, 3.05) is 5.75 Å². The van der Waals surface area contributed by atoms with Gasteiger partial charge in [-0.2, -0.15) is 8.42 Å². The minimum absolute atomic E-state index is 0.277. The number of hydrogen-bond acceptors (Lipinski definition) is 5. The van der Waals surface area contributed by atoms with E-state index in [0.29, 0.717) is 12.8 Å². The van der Waals surface area contributed by atoms with Gasteiger partial charge in [-0.15, -0.1) is 0 Å². The van der Waals surface area contributed by atoms with Crippen LogP contribution >= 0.6 is 0 Å². The van der Waals surface area contributed by atoms with Gasteiger partial charge in [-0.3, -0.25) is 9.35 Å². The number of amides is 1. The number of hydrogen-bond donors (Lipinski definition) is 4. The predicted molar refractivity (Wildman–Crippen MR) is 172 cm³/mol. The first-order valence-corrected chi connectivity index (χ1v) is 18.3. The van der Waals surface area contributed by atoms with E-state index < -0.39 is 40.0 Å². The molecule has 3 atom stereocenters. The number of allylic oxidation sites excluding steroid dienone is 3. The molecule has 41 heavy (non-hydrogen) atoms. The molecule has 1 amide bonds. The van der Waals surface area contributed by atoms with Crippen LogP contribution in [0.3, 0.4) is 0 Å². The Morgan fingerprint density at radius 2 is 1.10 bits per heavy atom. The molecule has 0 heterocycles. The van der Waals surface area contributed by atoms with Crippen molar-refractivity contribution in [2.45, 2.75) is 173 Å². The van der Waals surface area contributed by atoms with Crippen molar-refractivity contribution < 1.29 is 28.0 Å². The van der Waals surface area contributed by atoms with Gasteiger partial charge in [-0.25, -0.2) is 0 Å². The lowest BCUT2D eigenvalue weighted by molar-refractivity contribution is -0.130. The summed E-state index contributed by atoms with van der Waals surface area (Å²) in [6, 6.07) is -1.24. The quantitative estimate of drug-likeness (QED) is 0.0394. The molecule has 0 aromatic rings. The number of aliphatic hydroxyl groups is 2. The van der Waals surface area contributed by atoms with Crippen molar-refractivity contribution in [3.8, 4) is 0 Å². The number of unbranched alkanes of at least 4 members (excludes halogenated alkanes) is 18. The third-order valence-corrected chi connectivity index (χ3v) is 8.27. The lowest BCUT2D eigenvalue weighted by Gasteiger charge is -2.22. The molecule has 0 saturated carbocycles. The molecule has 0 radical (unpaired) electrons. The summed E-state index contributed by atoms with van der Waals surface area (Å²) in [6.45, 7) is 4.39. The molecule has 7 nitrogen and oxygen atoms in total. The minimum Gasteiger partial charge on any atom is -0.387 e. The van der Waals surface area contributed by atoms with Crippen LogP contribution < -0.4 is 5.32 Å². The van der Waals surface area contributed by atoms with Gasteiger partial charge in [0.25, 0.3) is 10.1 Å². The van der Waals surface area contributed by atoms with E-state index in [0.717, 1.165) is 44.9 Å². The molecule has 0 fully saturated rings. The van der Waals surface area contributed by atoms with Gasteiger partial charge in [0.2, 0.25) is 5.91 Å². The summed E-state index contributed by atoms with van der Waals surface area (Å²) in [5.41, 5.74) is 0. The summed E-state index contributed by atoms with van der Waals surface area (Å²) in [5, 5.41) is 23.1. The first-order valence-electron chi connectivity index (χ1n) is 16.6. The van der Waals surface area contributed by atoms with Crippen molar-refractivity contribution in [3.63, 3.8) is 0 Å². The molecule has 0 aromatic heterocycles. The van der Waals surface area contributed by atoms with Gasteiger partial charge in [0, 0.05) is 0 Å². The molecule has 0 aliphatic heterocycles. The van der Waals surface area contributed by atoms with E-state index in [1.54, 1.807) is 6.08 Å². The highest BCUT2D eigenvalue weighted by molar-refractivity contribution is 7.85. The van der Waals surface area contributed by atoms with Crippen LogP contribution in [0.25, 0.3) is 0 Å². The van der Waals surface area contributed by atoms with E-state index in [1.165, 1.54) is 83.1 Å². The van der Waals surface area contributed by atoms with Gasteiger partial charge in [0.05, 0.1) is 17.9 Å². The first kappa shape index (κ1) is 39.8. The van der Waals surface area contributed by atoms with Crippen LogP contribution in [0.5, 0.6) is 0 Å². The third-order valence-electron chi connectivity index (χ3n) is 7.49. The fourth-order valence-electron chi connectivity index (χ4n) is 4.87. The number of carbonyl (C=O) groups excluding carboxylic acids is 1. The Kier molecular flexibility index (Phi) is 26.8. The van der Waals surface area contributed by atoms with E-state index in [2.05, 4.69) is 31.3 Å². The average Bonchev–Trinajstić information content (AvgIpc) is 2.92. The number of nitrogens with one attached hydrogen (secondary N) is 1. The molecule has 8 heteroatoms. The van der Waals surface area contributed by atoms with E-state index in [4.69, 9.17) is 0 Å². The zero-order valence-electron chi connectivity index (χ0n) is 26.3. The third kappa shape index (κ3) is 27.4. The van der Waals surface area contributed by atoms with Crippen molar-refractivity contribution in [1.82, 2.24) is 5.32 Å². The zero-order valence-corrected chi connectivity index (χ0v) is 27.1. The summed E-state index contributed by atoms with van der Waals surface area (Å²) in [7, 11) is -4.43. The molecule has 0 spiro atoms. The average molecular weight is 602 g/mol. The molecule has 242 valence electrons. The van der Waals surface area contributed by atoms with Crippen molar-refractivity contribution in [3.05, 3.63) is 24.3 Å². The van der Waals surface area contributed by atoms with Crippen LogP contribution in [0.1, 0.15) is 155 Å². The lowest BCUT2D eigenvalue weighted by atomic mass is 10.0. The minimum atomic E-state index is -4.43. The van der Waals surface area contributed by atoms with Gasteiger partial charge in [-0.05, 0) is 25.7 Å². The summed E-state index contributed by atoms with van der Waals surface area (Å²) in [5.74, 6) is -1.56. The fourth-order valence-corrected chi connectivity index (χ4v) is 5.60. The van der Waals surface area contributed by atoms with Gasteiger partial charge >= 0.3 is 0 Å². The van der Waals surface area contributed by atoms with Crippen LogP contribution in [0.15, 0.2) is 24.3 Å². The maximum absolute atomic E-state index is 12.5. The van der Waals surface area contributed by atoms with Crippen molar-refractivity contribution in [1.29, 1.82) is 0 Å². The summed E-state index contributed by atoms with van der Waals surface area (Å²) in [6.07, 6.45) is 29.7. The van der Waals surface area contributed by atoms with E-state index in [1.807, 2.05) is 0 Å². The maximum atomic E-state index is 12.5. The largest absolute Gasteiger partial charge is 0.387 e. The Labute approximate surface area is 252 Å². The van der Waals surface area contributed by atoms with Crippen LogP contribution in [-0.2, 0) is 14.9 Å². The Morgan fingerprint density at radius 3 is 1.59 bits per heavy atom. The standard InChI is InChI=1S/C33H63NO6S/c1-3-5-7-9-11-13-14-15-16-17-18-19-20-22-24-26-28-32(36)33(37)34-30(29-41(38,39)40)31(35)27-25-23-21-12-10-8-6-4-2/h10,12,25,27,30-32,35-36H,3-9,11,13-24,26,28-29H2,1-2H3,(H,34,37)(H,38,39,40)/b12-10+,27-25+. The molecule has 4 N–H and O–H groups in total. The molecule has 3 unspecified atom stereocenters. The van der Waals surface area contributed by atoms with Gasteiger partial charge in [0.15, 0.2) is 0 Å². The topological polar surface area (TPSA) is 124 Å². The second-order valence-electron chi connectivity index (χ2n) is 11.6. The normalized spacial score (nSPS) is 14.6.